The minimum absolute atomic E-state index is 0.346. The molecule has 0 spiro atoms. The molecule has 0 aromatic carbocycles. The van der Waals surface area contributed by atoms with Crippen LogP contribution in [0.15, 0.2) is 17.2 Å². The first kappa shape index (κ1) is 6.56. The molecule has 0 aliphatic rings. The number of nitrogens with zero attached hydrogens (tertiary/aromatic N) is 1. The number of nitrogens with one attached hydrogen (secondary N) is 1. The molecule has 1 rings (SSSR count). The maximum Gasteiger partial charge on any atom is 0.344 e. The minimum Gasteiger partial charge on any atom is -0.311 e. The van der Waals surface area contributed by atoms with Crippen molar-refractivity contribution in [1.82, 2.24) is 9.97 Å². The highest BCUT2D eigenvalue weighted by Crippen LogP contribution is 1.84. The number of H-pyrrole nitrogens is 1. The zero-order valence-corrected chi connectivity index (χ0v) is 5.51. The van der Waals surface area contributed by atoms with Crippen molar-refractivity contribution in [1.29, 1.82) is 0 Å². The van der Waals surface area contributed by atoms with E-state index < -0.39 is 0 Å². The molecule has 3 nitrogen and oxygen atoms in total. The Morgan fingerprint density at radius 1 is 1.70 bits per heavy atom. The van der Waals surface area contributed by atoms with E-state index in [4.69, 9.17) is 0 Å². The van der Waals surface area contributed by atoms with E-state index in [-0.39, 0.29) is 5.69 Å². The Kier molecular flexibility index (Phi) is 1.86. The normalized spacial score (nSPS) is 8.10. The summed E-state index contributed by atoms with van der Waals surface area (Å²) < 4.78 is 0. The molecule has 0 saturated carbocycles. The topological polar surface area (TPSA) is 45.8 Å². The van der Waals surface area contributed by atoms with Gasteiger partial charge in [-0.15, -0.1) is 5.92 Å². The average Bonchev–Trinajstić information content (AvgIpc) is 1.95. The van der Waals surface area contributed by atoms with Crippen molar-refractivity contribution in [2.24, 2.45) is 0 Å². The first-order valence-corrected chi connectivity index (χ1v) is 2.80. The van der Waals surface area contributed by atoms with Gasteiger partial charge in [0, 0.05) is 12.4 Å². The molecule has 0 atom stereocenters. The first-order chi connectivity index (χ1) is 4.83. The van der Waals surface area contributed by atoms with Crippen LogP contribution in [0.1, 0.15) is 12.5 Å². The van der Waals surface area contributed by atoms with Crippen LogP contribution in [-0.4, -0.2) is 9.97 Å². The second-order valence-electron chi connectivity index (χ2n) is 1.68. The maximum atomic E-state index is 10.4. The molecule has 10 heavy (non-hydrogen) atoms. The predicted molar refractivity (Wildman–Crippen MR) is 37.4 cm³/mol. The van der Waals surface area contributed by atoms with E-state index in [1.54, 1.807) is 6.92 Å². The van der Waals surface area contributed by atoms with Crippen LogP contribution in [0.4, 0.5) is 0 Å². The van der Waals surface area contributed by atoms with Crippen molar-refractivity contribution < 1.29 is 0 Å². The molecular weight excluding hydrogens is 128 g/mol. The summed E-state index contributed by atoms with van der Waals surface area (Å²) in [4.78, 5) is 16.3. The predicted octanol–water partition coefficient (Wildman–Crippen LogP) is 0.141. The van der Waals surface area contributed by atoms with Gasteiger partial charge < -0.3 is 4.98 Å². The average molecular weight is 134 g/mol. The van der Waals surface area contributed by atoms with Gasteiger partial charge in [0.25, 0.3) is 0 Å². The lowest BCUT2D eigenvalue weighted by Crippen LogP contribution is -2.07. The van der Waals surface area contributed by atoms with Gasteiger partial charge in [-0.1, -0.05) is 5.92 Å². The molecule has 1 aromatic heterocycles. The number of hydrogen-bond donors (Lipinski definition) is 1. The molecule has 0 aliphatic heterocycles. The Morgan fingerprint density at radius 3 is 3.00 bits per heavy atom. The summed E-state index contributed by atoms with van der Waals surface area (Å²) in [5.74, 6) is 5.44. The summed E-state index contributed by atoms with van der Waals surface area (Å²) in [6, 6.07) is 0. The maximum absolute atomic E-state index is 10.4. The van der Waals surface area contributed by atoms with Crippen LogP contribution >= 0.6 is 0 Å². The van der Waals surface area contributed by atoms with Gasteiger partial charge in [0.2, 0.25) is 0 Å². The Bertz CT molecular complexity index is 309. The van der Waals surface area contributed by atoms with Crippen molar-refractivity contribution >= 4 is 0 Å². The van der Waals surface area contributed by atoms with Crippen LogP contribution in [0.3, 0.4) is 0 Å². The molecule has 0 saturated heterocycles. The van der Waals surface area contributed by atoms with Crippen LogP contribution < -0.4 is 5.69 Å². The fourth-order valence-corrected chi connectivity index (χ4v) is 0.555. The first-order valence-electron chi connectivity index (χ1n) is 2.80. The third kappa shape index (κ3) is 1.46. The van der Waals surface area contributed by atoms with Gasteiger partial charge in [-0.2, -0.15) is 0 Å². The van der Waals surface area contributed by atoms with Crippen molar-refractivity contribution in [3.63, 3.8) is 0 Å². The quantitative estimate of drug-likeness (QED) is 0.513. The van der Waals surface area contributed by atoms with Crippen molar-refractivity contribution in [3.05, 3.63) is 28.4 Å². The number of rotatable bonds is 0. The second-order valence-corrected chi connectivity index (χ2v) is 1.68. The third-order valence-corrected chi connectivity index (χ3v) is 0.941. The molecule has 0 radical (unpaired) electrons. The van der Waals surface area contributed by atoms with E-state index in [9.17, 15) is 4.79 Å². The highest BCUT2D eigenvalue weighted by molar-refractivity contribution is 5.27. The summed E-state index contributed by atoms with van der Waals surface area (Å²) in [5.41, 5.74) is 0.378. The van der Waals surface area contributed by atoms with E-state index in [0.717, 1.165) is 5.56 Å². The Balaban J connectivity index is 3.08. The molecule has 1 N–H and O–H groups in total. The Morgan fingerprint density at radius 2 is 2.50 bits per heavy atom. The molecule has 1 heterocycles. The van der Waals surface area contributed by atoms with E-state index >= 15 is 0 Å². The lowest BCUT2D eigenvalue weighted by molar-refractivity contribution is 1.07. The standard InChI is InChI=1S/C7H6N2O/c1-2-3-6-4-8-7(10)9-5-6/h4-5H,1H3,(H,8,9,10). The minimum atomic E-state index is -0.346. The number of hydrogen-bond acceptors (Lipinski definition) is 2. The lowest BCUT2D eigenvalue weighted by Gasteiger charge is -1.83. The van der Waals surface area contributed by atoms with E-state index in [1.807, 2.05) is 0 Å². The third-order valence-electron chi connectivity index (χ3n) is 0.941. The van der Waals surface area contributed by atoms with Crippen LogP contribution in [0.2, 0.25) is 0 Å². The summed E-state index contributed by atoms with van der Waals surface area (Å²) in [7, 11) is 0. The Hall–Kier alpha value is -1.56. The van der Waals surface area contributed by atoms with Gasteiger partial charge in [0.15, 0.2) is 0 Å². The van der Waals surface area contributed by atoms with Crippen molar-refractivity contribution in [3.8, 4) is 11.8 Å². The molecule has 50 valence electrons. The lowest BCUT2D eigenvalue weighted by atomic mass is 10.3. The Labute approximate surface area is 58.1 Å². The van der Waals surface area contributed by atoms with Crippen LogP contribution in [0.25, 0.3) is 0 Å². The van der Waals surface area contributed by atoms with Gasteiger partial charge in [-0.25, -0.2) is 9.78 Å². The van der Waals surface area contributed by atoms with E-state index in [0.29, 0.717) is 0 Å². The monoisotopic (exact) mass is 134 g/mol. The molecule has 0 unspecified atom stereocenters. The van der Waals surface area contributed by atoms with Gasteiger partial charge in [-0.3, -0.25) is 0 Å². The van der Waals surface area contributed by atoms with E-state index in [1.165, 1.54) is 12.4 Å². The van der Waals surface area contributed by atoms with Gasteiger partial charge in [-0.05, 0) is 6.92 Å². The number of aromatic nitrogens is 2. The SMILES string of the molecule is CC#Cc1cnc(=O)[nH]c1. The summed E-state index contributed by atoms with van der Waals surface area (Å²) in [6.07, 6.45) is 2.97. The summed E-state index contributed by atoms with van der Waals surface area (Å²) in [6.45, 7) is 1.73. The molecule has 0 bridgehead atoms. The smallest absolute Gasteiger partial charge is 0.311 e. The zero-order valence-electron chi connectivity index (χ0n) is 5.51. The number of aromatic amines is 1. The van der Waals surface area contributed by atoms with Gasteiger partial charge in [0.1, 0.15) is 0 Å². The van der Waals surface area contributed by atoms with E-state index in [2.05, 4.69) is 21.8 Å². The van der Waals surface area contributed by atoms with Gasteiger partial charge in [0.05, 0.1) is 5.56 Å². The zero-order chi connectivity index (χ0) is 7.40. The van der Waals surface area contributed by atoms with Crippen molar-refractivity contribution in [2.45, 2.75) is 6.92 Å². The largest absolute Gasteiger partial charge is 0.344 e. The van der Waals surface area contributed by atoms with Crippen LogP contribution in [0.5, 0.6) is 0 Å². The summed E-state index contributed by atoms with van der Waals surface area (Å²) >= 11 is 0. The molecule has 0 amide bonds. The summed E-state index contributed by atoms with van der Waals surface area (Å²) in [5, 5.41) is 0. The highest BCUT2D eigenvalue weighted by Gasteiger charge is 1.84. The van der Waals surface area contributed by atoms with Crippen LogP contribution in [0, 0.1) is 11.8 Å². The molecule has 1 aromatic rings. The molecule has 0 aliphatic carbocycles. The second kappa shape index (κ2) is 2.83. The van der Waals surface area contributed by atoms with Gasteiger partial charge >= 0.3 is 5.69 Å². The highest BCUT2D eigenvalue weighted by atomic mass is 16.1. The van der Waals surface area contributed by atoms with Crippen LogP contribution in [-0.2, 0) is 0 Å². The van der Waals surface area contributed by atoms with Crippen molar-refractivity contribution in [2.75, 3.05) is 0 Å². The fourth-order valence-electron chi connectivity index (χ4n) is 0.555. The fraction of sp³-hybridized carbons (Fsp3) is 0.143. The molecule has 3 heteroatoms. The molecular formula is C7H6N2O. The molecule has 0 fully saturated rings.